The summed E-state index contributed by atoms with van der Waals surface area (Å²) in [5.74, 6) is 0.943. The molecule has 3 rings (SSSR count). The summed E-state index contributed by atoms with van der Waals surface area (Å²) in [4.78, 5) is 20.6. The fourth-order valence-corrected chi connectivity index (χ4v) is 3.41. The van der Waals surface area contributed by atoms with Gasteiger partial charge in [0.15, 0.2) is 12.4 Å². The van der Waals surface area contributed by atoms with Gasteiger partial charge in [-0.25, -0.2) is 14.8 Å². The van der Waals surface area contributed by atoms with Gasteiger partial charge in [-0.15, -0.1) is 11.8 Å². The Hall–Kier alpha value is -2.57. The lowest BCUT2D eigenvalue weighted by Crippen LogP contribution is -2.09. The van der Waals surface area contributed by atoms with E-state index >= 15 is 0 Å². The van der Waals surface area contributed by atoms with Gasteiger partial charge in [-0.1, -0.05) is 11.6 Å². The number of aliphatic carboxylic acids is 1. The predicted molar refractivity (Wildman–Crippen MR) is 106 cm³/mol. The number of benzene rings is 2. The van der Waals surface area contributed by atoms with Crippen molar-refractivity contribution in [2.45, 2.75) is 17.6 Å². The standard InChI is InChI=1S/C20H17ClN2O3S/c1-13-10-17(6-7-18(13)26-11-19(24)25)27-12-16-8-9-22-20(23-16)14-2-4-15(21)5-3-14/h2-10H,11-12H2,1H3,(H,24,25). The molecule has 0 radical (unpaired) electrons. The summed E-state index contributed by atoms with van der Waals surface area (Å²) in [6.45, 7) is 1.55. The minimum atomic E-state index is -0.992. The van der Waals surface area contributed by atoms with Crippen molar-refractivity contribution in [1.29, 1.82) is 0 Å². The molecule has 0 fully saturated rings. The number of hydrogen-bond acceptors (Lipinski definition) is 5. The maximum atomic E-state index is 10.6. The second-order valence-electron chi connectivity index (χ2n) is 5.78. The first-order valence-electron chi connectivity index (χ1n) is 8.17. The third kappa shape index (κ3) is 5.45. The topological polar surface area (TPSA) is 72.3 Å². The summed E-state index contributed by atoms with van der Waals surface area (Å²) in [7, 11) is 0. The van der Waals surface area contributed by atoms with Gasteiger partial charge in [-0.3, -0.25) is 0 Å². The van der Waals surface area contributed by atoms with Gasteiger partial charge < -0.3 is 9.84 Å². The zero-order valence-electron chi connectivity index (χ0n) is 14.6. The summed E-state index contributed by atoms with van der Waals surface area (Å²) in [6.07, 6.45) is 1.75. The van der Waals surface area contributed by atoms with Gasteiger partial charge in [0, 0.05) is 27.4 Å². The van der Waals surface area contributed by atoms with Crippen LogP contribution in [0.4, 0.5) is 0 Å². The summed E-state index contributed by atoms with van der Waals surface area (Å²) in [5, 5.41) is 9.38. The number of carbonyl (C=O) groups is 1. The molecule has 0 bridgehead atoms. The van der Waals surface area contributed by atoms with E-state index in [0.717, 1.165) is 21.7 Å². The molecule has 1 aromatic heterocycles. The smallest absolute Gasteiger partial charge is 0.341 e. The van der Waals surface area contributed by atoms with E-state index in [1.165, 1.54) is 0 Å². The summed E-state index contributed by atoms with van der Waals surface area (Å²) < 4.78 is 5.25. The number of nitrogens with zero attached hydrogens (tertiary/aromatic N) is 2. The highest BCUT2D eigenvalue weighted by Gasteiger charge is 2.07. The number of thioether (sulfide) groups is 1. The third-order valence-electron chi connectivity index (χ3n) is 3.70. The predicted octanol–water partition coefficient (Wildman–Crippen LogP) is 4.86. The Kier molecular flexibility index (Phi) is 6.32. The molecular formula is C20H17ClN2O3S. The molecule has 0 aliphatic heterocycles. The van der Waals surface area contributed by atoms with Crippen LogP contribution < -0.4 is 4.74 Å². The van der Waals surface area contributed by atoms with Crippen LogP contribution in [-0.2, 0) is 10.5 Å². The number of ether oxygens (including phenoxy) is 1. The van der Waals surface area contributed by atoms with Crippen LogP contribution >= 0.6 is 23.4 Å². The number of rotatable bonds is 7. The van der Waals surface area contributed by atoms with E-state index in [1.54, 1.807) is 24.0 Å². The minimum absolute atomic E-state index is 0.345. The van der Waals surface area contributed by atoms with Crippen LogP contribution in [0.25, 0.3) is 11.4 Å². The molecular weight excluding hydrogens is 384 g/mol. The summed E-state index contributed by atoms with van der Waals surface area (Å²) in [6, 6.07) is 15.0. The maximum absolute atomic E-state index is 10.6. The van der Waals surface area contributed by atoms with Crippen molar-refractivity contribution in [3.8, 4) is 17.1 Å². The molecule has 3 aromatic rings. The molecule has 0 saturated carbocycles. The van der Waals surface area contributed by atoms with Gasteiger partial charge in [-0.2, -0.15) is 0 Å². The van der Waals surface area contributed by atoms with E-state index in [4.69, 9.17) is 21.4 Å². The Balaban J connectivity index is 1.66. The van der Waals surface area contributed by atoms with Crippen LogP contribution in [0.3, 0.4) is 0 Å². The molecule has 0 aliphatic carbocycles. The minimum Gasteiger partial charge on any atom is -0.482 e. The molecule has 0 saturated heterocycles. The fraction of sp³-hybridized carbons (Fsp3) is 0.150. The second-order valence-corrected chi connectivity index (χ2v) is 7.26. The molecule has 0 spiro atoms. The zero-order valence-corrected chi connectivity index (χ0v) is 16.1. The SMILES string of the molecule is Cc1cc(SCc2ccnc(-c3ccc(Cl)cc3)n2)ccc1OCC(=O)O. The lowest BCUT2D eigenvalue weighted by molar-refractivity contribution is -0.139. The Morgan fingerprint density at radius 3 is 2.67 bits per heavy atom. The lowest BCUT2D eigenvalue weighted by Gasteiger charge is -2.09. The van der Waals surface area contributed by atoms with Crippen molar-refractivity contribution in [3.63, 3.8) is 0 Å². The Labute approximate surface area is 166 Å². The summed E-state index contributed by atoms with van der Waals surface area (Å²) in [5.41, 5.74) is 2.73. The Bertz CT molecular complexity index is 948. The molecule has 2 aromatic carbocycles. The Morgan fingerprint density at radius 2 is 1.96 bits per heavy atom. The monoisotopic (exact) mass is 400 g/mol. The number of aromatic nitrogens is 2. The highest BCUT2D eigenvalue weighted by Crippen LogP contribution is 2.28. The van der Waals surface area contributed by atoms with Gasteiger partial charge in [0.05, 0.1) is 5.69 Å². The number of aryl methyl sites for hydroxylation is 1. The van der Waals surface area contributed by atoms with Crippen LogP contribution in [0, 0.1) is 6.92 Å². The molecule has 0 unspecified atom stereocenters. The van der Waals surface area contributed by atoms with Crippen molar-refractivity contribution in [3.05, 3.63) is 71.0 Å². The first-order chi connectivity index (χ1) is 13.0. The third-order valence-corrected chi connectivity index (χ3v) is 4.98. The van der Waals surface area contributed by atoms with Crippen molar-refractivity contribution < 1.29 is 14.6 Å². The van der Waals surface area contributed by atoms with Crippen LogP contribution in [0.5, 0.6) is 5.75 Å². The largest absolute Gasteiger partial charge is 0.482 e. The van der Waals surface area contributed by atoms with Gasteiger partial charge in [0.25, 0.3) is 0 Å². The van der Waals surface area contributed by atoms with E-state index in [-0.39, 0.29) is 6.61 Å². The van der Waals surface area contributed by atoms with Gasteiger partial charge in [0.2, 0.25) is 0 Å². The molecule has 5 nitrogen and oxygen atoms in total. The molecule has 138 valence electrons. The lowest BCUT2D eigenvalue weighted by atomic mass is 10.2. The molecule has 1 N–H and O–H groups in total. The summed E-state index contributed by atoms with van der Waals surface area (Å²) >= 11 is 7.57. The van der Waals surface area contributed by atoms with E-state index in [2.05, 4.69) is 9.97 Å². The van der Waals surface area contributed by atoms with Crippen molar-refractivity contribution in [1.82, 2.24) is 9.97 Å². The number of halogens is 1. The van der Waals surface area contributed by atoms with Gasteiger partial charge >= 0.3 is 5.97 Å². The van der Waals surface area contributed by atoms with E-state index in [1.807, 2.05) is 49.4 Å². The molecule has 1 heterocycles. The van der Waals surface area contributed by atoms with Gasteiger partial charge in [0.1, 0.15) is 5.75 Å². The highest BCUT2D eigenvalue weighted by molar-refractivity contribution is 7.98. The molecule has 0 aliphatic rings. The normalized spacial score (nSPS) is 10.6. The molecule has 27 heavy (non-hydrogen) atoms. The number of carboxylic acids is 1. The number of carboxylic acid groups (broad SMARTS) is 1. The average Bonchev–Trinajstić information content (AvgIpc) is 2.66. The number of hydrogen-bond donors (Lipinski definition) is 1. The van der Waals surface area contributed by atoms with Crippen LogP contribution in [0.1, 0.15) is 11.3 Å². The van der Waals surface area contributed by atoms with Crippen molar-refractivity contribution in [2.75, 3.05) is 6.61 Å². The van der Waals surface area contributed by atoms with Crippen LogP contribution in [0.15, 0.2) is 59.6 Å². The van der Waals surface area contributed by atoms with Crippen molar-refractivity contribution >= 4 is 29.3 Å². The van der Waals surface area contributed by atoms with Crippen molar-refractivity contribution in [2.24, 2.45) is 0 Å². The van der Waals surface area contributed by atoms with Gasteiger partial charge in [-0.05, 0) is 61.0 Å². The first-order valence-corrected chi connectivity index (χ1v) is 9.53. The van der Waals surface area contributed by atoms with E-state index in [9.17, 15) is 4.79 Å². The average molecular weight is 401 g/mol. The fourth-order valence-electron chi connectivity index (χ4n) is 2.38. The van der Waals surface area contributed by atoms with Crippen LogP contribution in [-0.4, -0.2) is 27.7 Å². The van der Waals surface area contributed by atoms with E-state index in [0.29, 0.717) is 22.3 Å². The molecule has 7 heteroatoms. The van der Waals surface area contributed by atoms with Crippen LogP contribution in [0.2, 0.25) is 5.02 Å². The maximum Gasteiger partial charge on any atom is 0.341 e. The zero-order chi connectivity index (χ0) is 19.2. The van der Waals surface area contributed by atoms with E-state index < -0.39 is 5.97 Å². The molecule has 0 atom stereocenters. The quantitative estimate of drug-likeness (QED) is 0.571. The first kappa shape index (κ1) is 19.2. The Morgan fingerprint density at radius 1 is 1.19 bits per heavy atom. The molecule has 0 amide bonds. The highest BCUT2D eigenvalue weighted by atomic mass is 35.5. The second kappa shape index (κ2) is 8.88.